The molecule has 0 saturated carbocycles. The van der Waals surface area contributed by atoms with Crippen LogP contribution >= 0.6 is 11.6 Å². The maximum atomic E-state index is 13.2. The molecule has 0 aromatic heterocycles. The van der Waals surface area contributed by atoms with Crippen molar-refractivity contribution in [3.8, 4) is 0 Å². The highest BCUT2D eigenvalue weighted by atomic mass is 35.5. The van der Waals surface area contributed by atoms with E-state index in [-0.39, 0.29) is 5.91 Å². The Balaban J connectivity index is 1.60. The molecule has 5 rings (SSSR count). The number of carbonyl (C=O) groups excluding carboxylic acids is 1. The molecule has 1 fully saturated rings. The van der Waals surface area contributed by atoms with Crippen molar-refractivity contribution in [2.24, 2.45) is 4.99 Å². The maximum absolute atomic E-state index is 13.2. The first-order chi connectivity index (χ1) is 16.0. The van der Waals surface area contributed by atoms with Gasteiger partial charge in [0.15, 0.2) is 0 Å². The Morgan fingerprint density at radius 2 is 1.67 bits per heavy atom. The smallest absolute Gasteiger partial charge is 0.270 e. The predicted octanol–water partition coefficient (Wildman–Crippen LogP) is 4.77. The minimum atomic E-state index is -0.186. The quantitative estimate of drug-likeness (QED) is 0.599. The van der Waals surface area contributed by atoms with Gasteiger partial charge in [0.05, 0.1) is 17.1 Å². The summed E-state index contributed by atoms with van der Waals surface area (Å²) in [6.45, 7) is 5.71. The third-order valence-corrected chi connectivity index (χ3v) is 6.36. The molecule has 0 atom stereocenters. The molecule has 2 aliphatic rings. The zero-order chi connectivity index (χ0) is 22.9. The van der Waals surface area contributed by atoms with E-state index in [9.17, 15) is 4.79 Å². The number of hydrogen-bond donors (Lipinski definition) is 1. The van der Waals surface area contributed by atoms with Gasteiger partial charge >= 0.3 is 0 Å². The Hall–Kier alpha value is -3.35. The number of hydrogen-bond acceptors (Lipinski definition) is 5. The summed E-state index contributed by atoms with van der Waals surface area (Å²) in [6, 6.07) is 21.2. The van der Waals surface area contributed by atoms with Gasteiger partial charge in [0.1, 0.15) is 5.84 Å². The number of likely N-dealkylation sites (N-methyl/N-ethyl adjacent to an activating group) is 1. The number of para-hydroxylation sites is 1. The summed E-state index contributed by atoms with van der Waals surface area (Å²) in [4.78, 5) is 22.9. The number of aliphatic imine (C=N–C) groups is 1. The summed E-state index contributed by atoms with van der Waals surface area (Å²) >= 11 is 6.36. The van der Waals surface area contributed by atoms with Crippen molar-refractivity contribution in [2.45, 2.75) is 6.92 Å². The number of benzene rings is 3. The zero-order valence-corrected chi connectivity index (χ0v) is 19.5. The van der Waals surface area contributed by atoms with Gasteiger partial charge in [-0.05, 0) is 56.4 Å². The average molecular weight is 460 g/mol. The highest BCUT2D eigenvalue weighted by Crippen LogP contribution is 2.40. The molecule has 1 N–H and O–H groups in total. The van der Waals surface area contributed by atoms with E-state index < -0.39 is 0 Å². The van der Waals surface area contributed by atoms with Crippen LogP contribution in [0.15, 0.2) is 71.7 Å². The van der Waals surface area contributed by atoms with Gasteiger partial charge in [-0.3, -0.25) is 15.2 Å². The lowest BCUT2D eigenvalue weighted by Gasteiger charge is -2.35. The van der Waals surface area contributed by atoms with E-state index in [4.69, 9.17) is 16.6 Å². The van der Waals surface area contributed by atoms with Gasteiger partial charge in [-0.15, -0.1) is 0 Å². The molecule has 7 heteroatoms. The van der Waals surface area contributed by atoms with Gasteiger partial charge < -0.3 is 9.80 Å². The first-order valence-electron chi connectivity index (χ1n) is 11.1. The molecule has 168 valence electrons. The lowest BCUT2D eigenvalue weighted by molar-refractivity contribution is 0.0954. The molecule has 1 amide bonds. The SMILES string of the molecule is Cc1ccc(C(=O)NN2c3ccc(Cl)cc3N=C(N3CCN(C)CC3)c3ccccc32)cc1. The Morgan fingerprint density at radius 1 is 0.939 bits per heavy atom. The Labute approximate surface area is 199 Å². The van der Waals surface area contributed by atoms with Crippen molar-refractivity contribution in [1.82, 2.24) is 15.2 Å². The van der Waals surface area contributed by atoms with Crippen molar-refractivity contribution in [3.63, 3.8) is 0 Å². The zero-order valence-electron chi connectivity index (χ0n) is 18.8. The summed E-state index contributed by atoms with van der Waals surface area (Å²) < 4.78 is 0. The van der Waals surface area contributed by atoms with Crippen LogP contribution < -0.4 is 10.4 Å². The standard InChI is InChI=1S/C26H26ClN5O/c1-18-7-9-19(10-8-18)26(33)29-32-23-6-4-3-5-21(23)25(31-15-13-30(2)14-16-31)28-22-17-20(27)11-12-24(22)32/h3-12,17H,13-16H2,1-2H3,(H,29,33). The molecule has 33 heavy (non-hydrogen) atoms. The summed E-state index contributed by atoms with van der Waals surface area (Å²) in [6.07, 6.45) is 0. The monoisotopic (exact) mass is 459 g/mol. The Morgan fingerprint density at radius 3 is 2.42 bits per heavy atom. The van der Waals surface area contributed by atoms with Crippen LogP contribution in [0.25, 0.3) is 0 Å². The van der Waals surface area contributed by atoms with E-state index in [1.165, 1.54) is 0 Å². The van der Waals surface area contributed by atoms with Crippen molar-refractivity contribution in [2.75, 3.05) is 38.2 Å². The second-order valence-electron chi connectivity index (χ2n) is 8.52. The van der Waals surface area contributed by atoms with Crippen LogP contribution in [0, 0.1) is 6.92 Å². The van der Waals surface area contributed by atoms with Gasteiger partial charge in [0.2, 0.25) is 0 Å². The summed E-state index contributed by atoms with van der Waals surface area (Å²) in [5.74, 6) is 0.711. The van der Waals surface area contributed by atoms with Crippen molar-refractivity contribution in [3.05, 3.63) is 88.4 Å². The second-order valence-corrected chi connectivity index (χ2v) is 8.95. The van der Waals surface area contributed by atoms with Gasteiger partial charge in [-0.1, -0.05) is 41.4 Å². The minimum absolute atomic E-state index is 0.186. The van der Waals surface area contributed by atoms with E-state index in [2.05, 4.69) is 28.3 Å². The Kier molecular flexibility index (Phi) is 5.79. The first kappa shape index (κ1) is 21.5. The molecule has 0 spiro atoms. The molecule has 0 bridgehead atoms. The fraction of sp³-hybridized carbons (Fsp3) is 0.231. The number of nitrogens with one attached hydrogen (secondary N) is 1. The first-order valence-corrected chi connectivity index (χ1v) is 11.5. The number of amidine groups is 1. The number of piperazine rings is 1. The number of aryl methyl sites for hydroxylation is 1. The van der Waals surface area contributed by atoms with E-state index >= 15 is 0 Å². The van der Waals surface area contributed by atoms with Crippen molar-refractivity contribution >= 4 is 40.4 Å². The molecule has 1 saturated heterocycles. The summed E-state index contributed by atoms with van der Waals surface area (Å²) in [5, 5.41) is 2.43. The molecule has 2 aliphatic heterocycles. The number of hydrazine groups is 1. The van der Waals surface area contributed by atoms with Gasteiger partial charge in [-0.2, -0.15) is 0 Å². The third-order valence-electron chi connectivity index (χ3n) is 6.12. The van der Waals surface area contributed by atoms with Crippen LogP contribution in [0.1, 0.15) is 21.5 Å². The second kappa shape index (κ2) is 8.89. The van der Waals surface area contributed by atoms with Crippen LogP contribution in [0.4, 0.5) is 17.1 Å². The molecule has 3 aromatic carbocycles. The van der Waals surface area contributed by atoms with Crippen molar-refractivity contribution in [1.29, 1.82) is 0 Å². The molecule has 0 aliphatic carbocycles. The van der Waals surface area contributed by atoms with E-state index in [1.54, 1.807) is 0 Å². The average Bonchev–Trinajstić information content (AvgIpc) is 2.95. The molecular formula is C26H26ClN5O. The molecular weight excluding hydrogens is 434 g/mol. The predicted molar refractivity (Wildman–Crippen MR) is 134 cm³/mol. The van der Waals surface area contributed by atoms with E-state index in [0.717, 1.165) is 60.2 Å². The largest absolute Gasteiger partial charge is 0.353 e. The van der Waals surface area contributed by atoms with E-state index in [1.807, 2.05) is 72.6 Å². The fourth-order valence-electron chi connectivity index (χ4n) is 4.19. The van der Waals surface area contributed by atoms with Gasteiger partial charge in [0.25, 0.3) is 5.91 Å². The Bertz CT molecular complexity index is 1220. The van der Waals surface area contributed by atoms with Gasteiger partial charge in [-0.25, -0.2) is 4.99 Å². The number of halogens is 1. The molecule has 2 heterocycles. The van der Waals surface area contributed by atoms with Gasteiger partial charge in [0, 0.05) is 42.3 Å². The number of fused-ring (bicyclic) bond motifs is 2. The molecule has 6 nitrogen and oxygen atoms in total. The molecule has 3 aromatic rings. The highest BCUT2D eigenvalue weighted by Gasteiger charge is 2.28. The minimum Gasteiger partial charge on any atom is -0.353 e. The maximum Gasteiger partial charge on any atom is 0.270 e. The number of anilines is 2. The number of rotatable bonds is 2. The lowest BCUT2D eigenvalue weighted by atomic mass is 10.1. The normalized spacial score (nSPS) is 15.9. The van der Waals surface area contributed by atoms with Crippen molar-refractivity contribution < 1.29 is 4.79 Å². The number of carbonyl (C=O) groups is 1. The molecule has 0 unspecified atom stereocenters. The topological polar surface area (TPSA) is 51.2 Å². The lowest BCUT2D eigenvalue weighted by Crippen LogP contribution is -2.47. The number of amides is 1. The van der Waals surface area contributed by atoms with Crippen LogP contribution in [-0.2, 0) is 0 Å². The fourth-order valence-corrected chi connectivity index (χ4v) is 4.35. The van der Waals surface area contributed by atoms with E-state index in [0.29, 0.717) is 10.6 Å². The molecule has 0 radical (unpaired) electrons. The summed E-state index contributed by atoms with van der Waals surface area (Å²) in [5.41, 5.74) is 8.15. The highest BCUT2D eigenvalue weighted by molar-refractivity contribution is 6.31. The van der Waals surface area contributed by atoms with Crippen LogP contribution in [0.5, 0.6) is 0 Å². The van der Waals surface area contributed by atoms with Crippen LogP contribution in [-0.4, -0.2) is 54.8 Å². The van der Waals surface area contributed by atoms with Crippen LogP contribution in [0.3, 0.4) is 0 Å². The van der Waals surface area contributed by atoms with Crippen LogP contribution in [0.2, 0.25) is 5.02 Å². The third kappa shape index (κ3) is 4.32. The summed E-state index contributed by atoms with van der Waals surface area (Å²) in [7, 11) is 2.14. The number of nitrogens with zero attached hydrogens (tertiary/aromatic N) is 4.